The van der Waals surface area contributed by atoms with E-state index in [9.17, 15) is 37.5 Å². The second-order valence-corrected chi connectivity index (χ2v) is 11.1. The van der Waals surface area contributed by atoms with Gasteiger partial charge >= 0.3 is 24.2 Å². The molecule has 8 N–H and O–H groups in total. The quantitative estimate of drug-likeness (QED) is 0.0624. The Hall–Kier alpha value is -6.72. The minimum absolute atomic E-state index is 0.0438. The number of benzene rings is 2. The van der Waals surface area contributed by atoms with Crippen molar-refractivity contribution in [3.8, 4) is 11.3 Å². The van der Waals surface area contributed by atoms with E-state index in [0.717, 1.165) is 18.4 Å². The normalized spacial score (nSPS) is 13.3. The number of rotatable bonds is 13. The van der Waals surface area contributed by atoms with E-state index in [0.29, 0.717) is 11.1 Å². The second-order valence-electron chi connectivity index (χ2n) is 11.1. The molecule has 3 aromatic rings. The zero-order valence-electron chi connectivity index (χ0n) is 28.2. The predicted molar refractivity (Wildman–Crippen MR) is 189 cm³/mol. The van der Waals surface area contributed by atoms with Crippen molar-refractivity contribution in [2.75, 3.05) is 17.6 Å². The van der Waals surface area contributed by atoms with Crippen molar-refractivity contribution in [2.45, 2.75) is 45.1 Å². The lowest BCUT2D eigenvalue weighted by Crippen LogP contribution is -2.34. The molecule has 0 spiro atoms. The number of nitrogen functional groups attached to an aromatic ring is 1. The number of hydrogen-bond donors (Lipinski definition) is 6. The molecule has 1 heterocycles. The molecular formula is C35H36F3N7O8. The SMILES string of the molecule is C\C=C/C(=C\C=C\CNC(=O)Cn1c(-c2cc(N)cc(C(=O)O)c2)cnc(NC2CC2)c1=O)C(/N)=N/C(=O)OCc1ccccc1.O=C(O)C(F)(F)F. The fraction of sp³-hybridized carbons (Fsp3) is 0.229. The number of amidine groups is 1. The fourth-order valence-electron chi connectivity index (χ4n) is 4.25. The molecule has 0 bridgehead atoms. The third-order valence-electron chi connectivity index (χ3n) is 6.90. The topological polar surface area (TPSA) is 241 Å². The monoisotopic (exact) mass is 739 g/mol. The molecule has 0 atom stereocenters. The highest BCUT2D eigenvalue weighted by Gasteiger charge is 2.38. The Morgan fingerprint density at radius 1 is 1.11 bits per heavy atom. The van der Waals surface area contributed by atoms with Gasteiger partial charge in [-0.3, -0.25) is 14.2 Å². The molecule has 1 aliphatic carbocycles. The van der Waals surface area contributed by atoms with Gasteiger partial charge in [0.25, 0.3) is 5.56 Å². The summed E-state index contributed by atoms with van der Waals surface area (Å²) in [7, 11) is 0. The number of aromatic nitrogens is 2. The van der Waals surface area contributed by atoms with Gasteiger partial charge in [-0.15, -0.1) is 0 Å². The Balaban J connectivity index is 0.000000980. The lowest BCUT2D eigenvalue weighted by Gasteiger charge is -2.15. The lowest BCUT2D eigenvalue weighted by molar-refractivity contribution is -0.192. The molecule has 1 aliphatic rings. The van der Waals surface area contributed by atoms with Crippen LogP contribution in [0.1, 0.15) is 35.7 Å². The number of allylic oxidation sites excluding steroid dienone is 3. The Morgan fingerprint density at radius 2 is 1.79 bits per heavy atom. The van der Waals surface area contributed by atoms with E-state index < -0.39 is 35.7 Å². The molecule has 2 amide bonds. The van der Waals surface area contributed by atoms with Crippen LogP contribution in [0.25, 0.3) is 11.3 Å². The van der Waals surface area contributed by atoms with Crippen molar-refractivity contribution in [2.24, 2.45) is 10.7 Å². The molecular weight excluding hydrogens is 703 g/mol. The van der Waals surface area contributed by atoms with Crippen LogP contribution < -0.4 is 27.7 Å². The van der Waals surface area contributed by atoms with Gasteiger partial charge in [0.1, 0.15) is 19.0 Å². The molecule has 280 valence electrons. The van der Waals surface area contributed by atoms with E-state index in [1.54, 1.807) is 37.3 Å². The van der Waals surface area contributed by atoms with Crippen molar-refractivity contribution in [1.82, 2.24) is 14.9 Å². The summed E-state index contributed by atoms with van der Waals surface area (Å²) in [5, 5.41) is 22.4. The van der Waals surface area contributed by atoms with Gasteiger partial charge in [-0.1, -0.05) is 60.7 Å². The van der Waals surface area contributed by atoms with Crippen molar-refractivity contribution in [3.63, 3.8) is 0 Å². The Kier molecular flexibility index (Phi) is 14.6. The van der Waals surface area contributed by atoms with E-state index in [2.05, 4.69) is 20.6 Å². The fourth-order valence-corrected chi connectivity index (χ4v) is 4.25. The third kappa shape index (κ3) is 13.5. The van der Waals surface area contributed by atoms with Gasteiger partial charge in [-0.05, 0) is 43.5 Å². The molecule has 53 heavy (non-hydrogen) atoms. The zero-order chi connectivity index (χ0) is 39.1. The maximum absolute atomic E-state index is 13.4. The number of carbonyl (C=O) groups excluding carboxylic acids is 2. The zero-order valence-corrected chi connectivity index (χ0v) is 28.2. The minimum atomic E-state index is -5.08. The number of carboxylic acid groups (broad SMARTS) is 2. The number of aliphatic imine (C=N–C) groups is 1. The number of ether oxygens (including phenoxy) is 1. The molecule has 0 radical (unpaired) electrons. The molecule has 1 fully saturated rings. The summed E-state index contributed by atoms with van der Waals surface area (Å²) < 4.78 is 38.1. The number of carboxylic acids is 2. The standard InChI is InChI=1S/C33H35N7O6.C2HF3O2/c1-2-8-22(29(35)39-33(45)46-20-21-9-4-3-5-10-21)11-6-7-14-36-28(41)19-40-27(18-37-30(31(40)42)38-26-12-13-26)23-15-24(32(43)44)17-25(34)16-23;3-2(4,5)1(6)7/h2-11,15-18,26H,12-14,19-20,34H2,1H3,(H,36,41)(H,37,38)(H,43,44)(H2,35,39,45);(H,6,7)/b7-6+,8-2-,22-11+;. The first-order valence-corrected chi connectivity index (χ1v) is 15.7. The Morgan fingerprint density at radius 3 is 2.40 bits per heavy atom. The van der Waals surface area contributed by atoms with E-state index in [1.165, 1.54) is 29.0 Å². The van der Waals surface area contributed by atoms with Crippen LogP contribution in [0.5, 0.6) is 0 Å². The van der Waals surface area contributed by atoms with Gasteiger partial charge < -0.3 is 37.1 Å². The summed E-state index contributed by atoms with van der Waals surface area (Å²) in [4.78, 5) is 67.0. The first-order chi connectivity index (χ1) is 25.1. The molecule has 18 heteroatoms. The second kappa shape index (κ2) is 19.0. The van der Waals surface area contributed by atoms with Crippen molar-refractivity contribution < 1.29 is 47.3 Å². The maximum Gasteiger partial charge on any atom is 0.490 e. The Bertz CT molecular complexity index is 1990. The Labute approximate surface area is 300 Å². The average Bonchev–Trinajstić information content (AvgIpc) is 3.92. The number of anilines is 2. The van der Waals surface area contributed by atoms with Crippen LogP contribution in [0.4, 0.5) is 29.5 Å². The summed E-state index contributed by atoms with van der Waals surface area (Å²) in [6, 6.07) is 13.5. The largest absolute Gasteiger partial charge is 0.490 e. The van der Waals surface area contributed by atoms with E-state index in [1.807, 2.05) is 30.3 Å². The summed E-state index contributed by atoms with van der Waals surface area (Å²) in [6.07, 6.45) is 5.63. The summed E-state index contributed by atoms with van der Waals surface area (Å²) in [6.45, 7) is 1.60. The summed E-state index contributed by atoms with van der Waals surface area (Å²) in [5.41, 5.74) is 13.4. The van der Waals surface area contributed by atoms with Crippen molar-refractivity contribution >= 4 is 41.3 Å². The van der Waals surface area contributed by atoms with Crippen LogP contribution in [0.15, 0.2) is 100 Å². The molecule has 2 aromatic carbocycles. The number of nitrogens with zero attached hydrogens (tertiary/aromatic N) is 3. The number of nitrogens with two attached hydrogens (primary N) is 2. The highest BCUT2D eigenvalue weighted by Crippen LogP contribution is 2.25. The lowest BCUT2D eigenvalue weighted by atomic mass is 10.1. The van der Waals surface area contributed by atoms with Crippen LogP contribution in [0, 0.1) is 0 Å². The van der Waals surface area contributed by atoms with E-state index in [-0.39, 0.29) is 54.3 Å². The molecule has 4 rings (SSSR count). The highest BCUT2D eigenvalue weighted by atomic mass is 19.4. The first-order valence-electron chi connectivity index (χ1n) is 15.7. The number of nitrogens with one attached hydrogen (secondary N) is 2. The van der Waals surface area contributed by atoms with E-state index >= 15 is 0 Å². The van der Waals surface area contributed by atoms with E-state index in [4.69, 9.17) is 26.1 Å². The number of carbonyl (C=O) groups is 4. The van der Waals surface area contributed by atoms with Gasteiger partial charge in [0.15, 0.2) is 5.82 Å². The van der Waals surface area contributed by atoms with Gasteiger partial charge in [0.2, 0.25) is 5.91 Å². The predicted octanol–water partition coefficient (Wildman–Crippen LogP) is 4.27. The molecule has 15 nitrogen and oxygen atoms in total. The third-order valence-corrected chi connectivity index (χ3v) is 6.90. The number of halogens is 3. The minimum Gasteiger partial charge on any atom is -0.478 e. The van der Waals surface area contributed by atoms with Gasteiger partial charge in [0.05, 0.1) is 17.5 Å². The molecule has 0 unspecified atom stereocenters. The summed E-state index contributed by atoms with van der Waals surface area (Å²) in [5.74, 6) is -4.36. The van der Waals surface area contributed by atoms with Gasteiger partial charge in [-0.2, -0.15) is 18.2 Å². The van der Waals surface area contributed by atoms with Gasteiger partial charge in [-0.25, -0.2) is 19.4 Å². The molecule has 0 saturated heterocycles. The molecule has 1 saturated carbocycles. The number of alkyl halides is 3. The maximum atomic E-state index is 13.4. The highest BCUT2D eigenvalue weighted by molar-refractivity contribution is 6.04. The van der Waals surface area contributed by atoms with Crippen LogP contribution in [0.3, 0.4) is 0 Å². The molecule has 0 aliphatic heterocycles. The van der Waals surface area contributed by atoms with Crippen LogP contribution in [0.2, 0.25) is 0 Å². The smallest absolute Gasteiger partial charge is 0.478 e. The first kappa shape index (κ1) is 40.7. The number of aliphatic carboxylic acids is 1. The van der Waals surface area contributed by atoms with Crippen LogP contribution in [-0.2, 0) is 27.5 Å². The van der Waals surface area contributed by atoms with Crippen molar-refractivity contribution in [1.29, 1.82) is 0 Å². The number of aromatic carboxylic acids is 1. The average molecular weight is 740 g/mol. The number of hydrogen-bond acceptors (Lipinski definition) is 9. The number of amides is 2. The van der Waals surface area contributed by atoms with Crippen molar-refractivity contribution in [3.05, 3.63) is 112 Å². The van der Waals surface area contributed by atoms with Crippen LogP contribution >= 0.6 is 0 Å². The van der Waals surface area contributed by atoms with Crippen LogP contribution in [-0.4, -0.2) is 68.3 Å². The summed E-state index contributed by atoms with van der Waals surface area (Å²) >= 11 is 0. The molecule has 1 aromatic heterocycles. The van der Waals surface area contributed by atoms with Gasteiger partial charge in [0, 0.05) is 29.4 Å².